The molecule has 1 aliphatic rings. The van der Waals surface area contributed by atoms with E-state index in [4.69, 9.17) is 4.74 Å². The third-order valence-corrected chi connectivity index (χ3v) is 3.24. The standard InChI is InChI=1S/C11H15BrN2O/c12-11-4-2-1-3-10(11)9-13-14-5-7-15-8-6-14/h1-4,13H,5-9H2. The first kappa shape index (κ1) is 11.1. The van der Waals surface area contributed by atoms with Crippen LogP contribution in [-0.4, -0.2) is 31.3 Å². The zero-order valence-electron chi connectivity index (χ0n) is 8.58. The number of rotatable bonds is 3. The van der Waals surface area contributed by atoms with E-state index in [-0.39, 0.29) is 0 Å². The average Bonchev–Trinajstić information content (AvgIpc) is 2.29. The fourth-order valence-corrected chi connectivity index (χ4v) is 1.99. The molecule has 0 amide bonds. The van der Waals surface area contributed by atoms with Crippen molar-refractivity contribution in [1.29, 1.82) is 0 Å². The zero-order valence-corrected chi connectivity index (χ0v) is 10.2. The fraction of sp³-hybridized carbons (Fsp3) is 0.455. The Morgan fingerprint density at radius 2 is 2.00 bits per heavy atom. The Morgan fingerprint density at radius 3 is 2.73 bits per heavy atom. The maximum absolute atomic E-state index is 5.28. The Bertz CT molecular complexity index is 313. The first-order chi connectivity index (χ1) is 7.36. The molecule has 1 N–H and O–H groups in total. The van der Waals surface area contributed by atoms with Crippen LogP contribution in [0.15, 0.2) is 28.7 Å². The van der Waals surface area contributed by atoms with Gasteiger partial charge >= 0.3 is 0 Å². The van der Waals surface area contributed by atoms with Gasteiger partial charge in [0, 0.05) is 24.1 Å². The van der Waals surface area contributed by atoms with Gasteiger partial charge in [-0.15, -0.1) is 0 Å². The zero-order chi connectivity index (χ0) is 10.5. The number of hydrogen-bond donors (Lipinski definition) is 1. The predicted octanol–water partition coefficient (Wildman–Crippen LogP) is 1.79. The third-order valence-electron chi connectivity index (χ3n) is 2.46. The van der Waals surface area contributed by atoms with Gasteiger partial charge in [0.25, 0.3) is 0 Å². The van der Waals surface area contributed by atoms with E-state index < -0.39 is 0 Å². The maximum Gasteiger partial charge on any atom is 0.0608 e. The lowest BCUT2D eigenvalue weighted by molar-refractivity contribution is 0.0105. The van der Waals surface area contributed by atoms with Crippen molar-refractivity contribution < 1.29 is 4.74 Å². The predicted molar refractivity (Wildman–Crippen MR) is 63.4 cm³/mol. The van der Waals surface area contributed by atoms with Crippen LogP contribution in [-0.2, 0) is 11.3 Å². The summed E-state index contributed by atoms with van der Waals surface area (Å²) < 4.78 is 6.44. The average molecular weight is 271 g/mol. The van der Waals surface area contributed by atoms with E-state index in [1.54, 1.807) is 0 Å². The molecule has 1 aromatic rings. The molecule has 82 valence electrons. The second kappa shape index (κ2) is 5.61. The molecule has 1 aliphatic heterocycles. The van der Waals surface area contributed by atoms with Crippen molar-refractivity contribution in [2.24, 2.45) is 0 Å². The van der Waals surface area contributed by atoms with E-state index in [1.807, 2.05) is 6.07 Å². The Labute approximate surface area is 98.5 Å². The molecule has 15 heavy (non-hydrogen) atoms. The van der Waals surface area contributed by atoms with Crippen LogP contribution in [0.25, 0.3) is 0 Å². The second-order valence-corrected chi connectivity index (χ2v) is 4.38. The van der Waals surface area contributed by atoms with Crippen molar-refractivity contribution in [2.75, 3.05) is 26.3 Å². The lowest BCUT2D eigenvalue weighted by atomic mass is 10.2. The Hall–Kier alpha value is -0.420. The van der Waals surface area contributed by atoms with Crippen LogP contribution in [0.5, 0.6) is 0 Å². The monoisotopic (exact) mass is 270 g/mol. The summed E-state index contributed by atoms with van der Waals surface area (Å²) in [5, 5.41) is 2.21. The van der Waals surface area contributed by atoms with Crippen molar-refractivity contribution in [1.82, 2.24) is 10.4 Å². The molecular weight excluding hydrogens is 256 g/mol. The summed E-state index contributed by atoms with van der Waals surface area (Å²) >= 11 is 3.54. The molecule has 3 nitrogen and oxygen atoms in total. The topological polar surface area (TPSA) is 24.5 Å². The number of hydrogen-bond acceptors (Lipinski definition) is 3. The van der Waals surface area contributed by atoms with E-state index >= 15 is 0 Å². The molecule has 0 aliphatic carbocycles. The van der Waals surface area contributed by atoms with E-state index in [0.717, 1.165) is 37.3 Å². The van der Waals surface area contributed by atoms with Crippen LogP contribution in [0, 0.1) is 0 Å². The Balaban J connectivity index is 1.84. The molecule has 1 heterocycles. The van der Waals surface area contributed by atoms with Gasteiger partial charge in [-0.2, -0.15) is 0 Å². The van der Waals surface area contributed by atoms with Crippen molar-refractivity contribution in [3.63, 3.8) is 0 Å². The van der Waals surface area contributed by atoms with Crippen molar-refractivity contribution >= 4 is 15.9 Å². The summed E-state index contributed by atoms with van der Waals surface area (Å²) in [5.41, 5.74) is 4.68. The van der Waals surface area contributed by atoms with Gasteiger partial charge < -0.3 is 4.74 Å². The molecule has 0 atom stereocenters. The van der Waals surface area contributed by atoms with Gasteiger partial charge in [-0.3, -0.25) is 5.43 Å². The number of ether oxygens (including phenoxy) is 1. The molecule has 0 spiro atoms. The lowest BCUT2D eigenvalue weighted by Gasteiger charge is -2.27. The molecule has 1 fully saturated rings. The third kappa shape index (κ3) is 3.28. The van der Waals surface area contributed by atoms with Crippen LogP contribution in [0.2, 0.25) is 0 Å². The summed E-state index contributed by atoms with van der Waals surface area (Å²) in [6.07, 6.45) is 0. The summed E-state index contributed by atoms with van der Waals surface area (Å²) in [6, 6.07) is 8.28. The Kier molecular flexibility index (Phi) is 4.14. The van der Waals surface area contributed by atoms with Crippen LogP contribution >= 0.6 is 15.9 Å². The maximum atomic E-state index is 5.28. The minimum atomic E-state index is 0.822. The number of hydrazine groups is 1. The second-order valence-electron chi connectivity index (χ2n) is 3.53. The SMILES string of the molecule is Brc1ccccc1CNN1CCOCC1. The van der Waals surface area contributed by atoms with Gasteiger partial charge in [-0.25, -0.2) is 5.01 Å². The highest BCUT2D eigenvalue weighted by Gasteiger charge is 2.09. The number of halogens is 1. The van der Waals surface area contributed by atoms with Gasteiger partial charge in [0.2, 0.25) is 0 Å². The molecule has 0 bridgehead atoms. The van der Waals surface area contributed by atoms with Gasteiger partial charge in [-0.05, 0) is 11.6 Å². The van der Waals surface area contributed by atoms with E-state index in [1.165, 1.54) is 5.56 Å². The number of nitrogens with zero attached hydrogens (tertiary/aromatic N) is 1. The normalized spacial score (nSPS) is 17.9. The van der Waals surface area contributed by atoms with Crippen molar-refractivity contribution in [3.05, 3.63) is 34.3 Å². The smallest absolute Gasteiger partial charge is 0.0608 e. The van der Waals surface area contributed by atoms with Crippen LogP contribution in [0.4, 0.5) is 0 Å². The molecule has 2 rings (SSSR count). The van der Waals surface area contributed by atoms with Crippen LogP contribution < -0.4 is 5.43 Å². The van der Waals surface area contributed by atoms with Gasteiger partial charge in [0.1, 0.15) is 0 Å². The molecule has 4 heteroatoms. The van der Waals surface area contributed by atoms with Crippen molar-refractivity contribution in [2.45, 2.75) is 6.54 Å². The highest BCUT2D eigenvalue weighted by atomic mass is 79.9. The highest BCUT2D eigenvalue weighted by Crippen LogP contribution is 2.15. The molecule has 0 aromatic heterocycles. The van der Waals surface area contributed by atoms with Gasteiger partial charge in [0.15, 0.2) is 0 Å². The Morgan fingerprint density at radius 1 is 1.27 bits per heavy atom. The quantitative estimate of drug-likeness (QED) is 0.907. The first-order valence-corrected chi connectivity index (χ1v) is 5.95. The molecule has 1 saturated heterocycles. The van der Waals surface area contributed by atoms with E-state index in [0.29, 0.717) is 0 Å². The first-order valence-electron chi connectivity index (χ1n) is 5.16. The van der Waals surface area contributed by atoms with E-state index in [9.17, 15) is 0 Å². The van der Waals surface area contributed by atoms with Crippen LogP contribution in [0.3, 0.4) is 0 Å². The molecule has 0 unspecified atom stereocenters. The molecule has 0 saturated carbocycles. The minimum Gasteiger partial charge on any atom is -0.379 e. The lowest BCUT2D eigenvalue weighted by Crippen LogP contribution is -2.45. The largest absolute Gasteiger partial charge is 0.379 e. The molecule has 0 radical (unpaired) electrons. The minimum absolute atomic E-state index is 0.822. The van der Waals surface area contributed by atoms with Gasteiger partial charge in [-0.1, -0.05) is 34.1 Å². The summed E-state index contributed by atoms with van der Waals surface area (Å²) in [4.78, 5) is 0. The van der Waals surface area contributed by atoms with Crippen LogP contribution in [0.1, 0.15) is 5.56 Å². The molecular formula is C11H15BrN2O. The number of nitrogens with one attached hydrogen (secondary N) is 1. The highest BCUT2D eigenvalue weighted by molar-refractivity contribution is 9.10. The summed E-state index contributed by atoms with van der Waals surface area (Å²) in [7, 11) is 0. The summed E-state index contributed by atoms with van der Waals surface area (Å²) in [6.45, 7) is 4.43. The van der Waals surface area contributed by atoms with Crippen molar-refractivity contribution in [3.8, 4) is 0 Å². The molecule has 1 aromatic carbocycles. The van der Waals surface area contributed by atoms with Gasteiger partial charge in [0.05, 0.1) is 13.2 Å². The fourth-order valence-electron chi connectivity index (χ4n) is 1.56. The number of benzene rings is 1. The van der Waals surface area contributed by atoms with E-state index in [2.05, 4.69) is 44.6 Å². The summed E-state index contributed by atoms with van der Waals surface area (Å²) in [5.74, 6) is 0. The number of morpholine rings is 1.